The number of likely N-dealkylation sites (tertiary alicyclic amines) is 1. The van der Waals surface area contributed by atoms with E-state index in [-0.39, 0.29) is 23.7 Å². The van der Waals surface area contributed by atoms with Crippen molar-refractivity contribution in [1.82, 2.24) is 10.2 Å². The van der Waals surface area contributed by atoms with Gasteiger partial charge in [0.2, 0.25) is 10.0 Å². The standard InChI is InChI=1S/C17H25N3O4S/c1-2-25(22,23)19-14-7-5-13(6-8-14)17(21)18-15-11-24-12-16(15)20-9-3-4-10-20/h5-8,15-16,19H,2-4,9-12H2,1H3,(H,18,21)/t15-,16-/m0/s1. The number of anilines is 1. The number of hydrogen-bond acceptors (Lipinski definition) is 5. The highest BCUT2D eigenvalue weighted by molar-refractivity contribution is 7.92. The second kappa shape index (κ2) is 7.72. The van der Waals surface area contributed by atoms with Gasteiger partial charge in [0, 0.05) is 11.3 Å². The molecule has 1 aromatic carbocycles. The van der Waals surface area contributed by atoms with E-state index in [1.807, 2.05) is 0 Å². The summed E-state index contributed by atoms with van der Waals surface area (Å²) < 4.78 is 31.2. The van der Waals surface area contributed by atoms with Crippen molar-refractivity contribution in [2.24, 2.45) is 0 Å². The van der Waals surface area contributed by atoms with Gasteiger partial charge in [-0.15, -0.1) is 0 Å². The molecule has 0 spiro atoms. The zero-order chi connectivity index (χ0) is 17.9. The molecule has 0 aliphatic carbocycles. The molecule has 1 aromatic rings. The zero-order valence-corrected chi connectivity index (χ0v) is 15.2. The Labute approximate surface area is 148 Å². The molecule has 8 heteroatoms. The van der Waals surface area contributed by atoms with Crippen LogP contribution in [-0.4, -0.2) is 63.4 Å². The molecule has 2 saturated heterocycles. The van der Waals surface area contributed by atoms with Gasteiger partial charge < -0.3 is 10.1 Å². The third-order valence-electron chi connectivity index (χ3n) is 4.78. The molecule has 2 aliphatic rings. The molecule has 2 aliphatic heterocycles. The highest BCUT2D eigenvalue weighted by Crippen LogP contribution is 2.20. The molecule has 2 heterocycles. The van der Waals surface area contributed by atoms with Crippen LogP contribution in [0.4, 0.5) is 5.69 Å². The van der Waals surface area contributed by atoms with E-state index in [0.29, 0.717) is 24.5 Å². The van der Waals surface area contributed by atoms with Crippen LogP contribution in [0.2, 0.25) is 0 Å². The summed E-state index contributed by atoms with van der Waals surface area (Å²) in [4.78, 5) is 14.9. The van der Waals surface area contributed by atoms with E-state index in [1.165, 1.54) is 12.8 Å². The molecule has 0 aromatic heterocycles. The molecule has 25 heavy (non-hydrogen) atoms. The first-order valence-electron chi connectivity index (χ1n) is 8.72. The average molecular weight is 367 g/mol. The van der Waals surface area contributed by atoms with Crippen molar-refractivity contribution < 1.29 is 17.9 Å². The number of sulfonamides is 1. The van der Waals surface area contributed by atoms with Crippen molar-refractivity contribution in [1.29, 1.82) is 0 Å². The number of carbonyl (C=O) groups excluding carboxylic acids is 1. The fourth-order valence-corrected chi connectivity index (χ4v) is 3.95. The lowest BCUT2D eigenvalue weighted by Gasteiger charge is -2.27. The summed E-state index contributed by atoms with van der Waals surface area (Å²) in [6, 6.07) is 6.69. The smallest absolute Gasteiger partial charge is 0.251 e. The molecule has 3 rings (SSSR count). The summed E-state index contributed by atoms with van der Waals surface area (Å²) in [6.07, 6.45) is 2.40. The minimum Gasteiger partial charge on any atom is -0.378 e. The quantitative estimate of drug-likeness (QED) is 0.784. The van der Waals surface area contributed by atoms with Crippen LogP contribution < -0.4 is 10.0 Å². The lowest BCUT2D eigenvalue weighted by molar-refractivity contribution is 0.0916. The molecule has 2 N–H and O–H groups in total. The highest BCUT2D eigenvalue weighted by atomic mass is 32.2. The van der Waals surface area contributed by atoms with Gasteiger partial charge in [-0.1, -0.05) is 0 Å². The van der Waals surface area contributed by atoms with Gasteiger partial charge in [-0.3, -0.25) is 14.4 Å². The maximum absolute atomic E-state index is 12.5. The van der Waals surface area contributed by atoms with Gasteiger partial charge >= 0.3 is 0 Å². The van der Waals surface area contributed by atoms with Crippen molar-refractivity contribution in [3.63, 3.8) is 0 Å². The maximum atomic E-state index is 12.5. The molecular formula is C17H25N3O4S. The van der Waals surface area contributed by atoms with Gasteiger partial charge in [0.1, 0.15) is 0 Å². The van der Waals surface area contributed by atoms with E-state index in [1.54, 1.807) is 31.2 Å². The minimum atomic E-state index is -3.31. The van der Waals surface area contributed by atoms with E-state index in [9.17, 15) is 13.2 Å². The molecule has 7 nitrogen and oxygen atoms in total. The minimum absolute atomic E-state index is 0.00874. The Bertz CT molecular complexity index is 699. The van der Waals surface area contributed by atoms with Gasteiger partial charge in [-0.05, 0) is 57.1 Å². The van der Waals surface area contributed by atoms with E-state index < -0.39 is 10.0 Å². The van der Waals surface area contributed by atoms with Crippen LogP contribution in [-0.2, 0) is 14.8 Å². The first-order valence-corrected chi connectivity index (χ1v) is 10.4. The molecular weight excluding hydrogens is 342 g/mol. The summed E-state index contributed by atoms with van der Waals surface area (Å²) in [5.74, 6) is -0.154. The van der Waals surface area contributed by atoms with Gasteiger partial charge in [0.05, 0.1) is 31.1 Å². The molecule has 0 unspecified atom stereocenters. The molecule has 0 radical (unpaired) electrons. The number of carbonyl (C=O) groups is 1. The number of hydrogen-bond donors (Lipinski definition) is 2. The number of ether oxygens (including phenoxy) is 1. The zero-order valence-electron chi connectivity index (χ0n) is 14.4. The lowest BCUT2D eigenvalue weighted by atomic mass is 10.1. The van der Waals surface area contributed by atoms with Crippen LogP contribution in [0.5, 0.6) is 0 Å². The SMILES string of the molecule is CCS(=O)(=O)Nc1ccc(C(=O)N[C@H]2COC[C@@H]2N2CCCC2)cc1. The summed E-state index contributed by atoms with van der Waals surface area (Å²) in [5, 5.41) is 3.06. The Balaban J connectivity index is 1.61. The summed E-state index contributed by atoms with van der Waals surface area (Å²) in [6.45, 7) is 4.88. The van der Waals surface area contributed by atoms with Crippen LogP contribution >= 0.6 is 0 Å². The third kappa shape index (κ3) is 4.50. The molecule has 138 valence electrons. The topological polar surface area (TPSA) is 87.7 Å². The van der Waals surface area contributed by atoms with E-state index >= 15 is 0 Å². The molecule has 2 atom stereocenters. The van der Waals surface area contributed by atoms with Crippen LogP contribution in [0.1, 0.15) is 30.1 Å². The van der Waals surface area contributed by atoms with Gasteiger partial charge in [-0.2, -0.15) is 0 Å². The summed E-state index contributed by atoms with van der Waals surface area (Å²) >= 11 is 0. The molecule has 2 fully saturated rings. The number of nitrogens with one attached hydrogen (secondary N) is 2. The van der Waals surface area contributed by atoms with Crippen LogP contribution in [0.15, 0.2) is 24.3 Å². The van der Waals surface area contributed by atoms with Crippen molar-refractivity contribution >= 4 is 21.6 Å². The molecule has 0 saturated carbocycles. The maximum Gasteiger partial charge on any atom is 0.251 e. The molecule has 0 bridgehead atoms. The van der Waals surface area contributed by atoms with E-state index in [4.69, 9.17) is 4.74 Å². The fraction of sp³-hybridized carbons (Fsp3) is 0.588. The molecule has 1 amide bonds. The second-order valence-corrected chi connectivity index (χ2v) is 8.52. The number of amides is 1. The number of rotatable bonds is 6. The largest absolute Gasteiger partial charge is 0.378 e. The predicted molar refractivity (Wildman–Crippen MR) is 96.2 cm³/mol. The van der Waals surface area contributed by atoms with Crippen molar-refractivity contribution in [3.05, 3.63) is 29.8 Å². The van der Waals surface area contributed by atoms with Gasteiger partial charge in [0.25, 0.3) is 5.91 Å². The Kier molecular flexibility index (Phi) is 5.61. The third-order valence-corrected chi connectivity index (χ3v) is 6.08. The van der Waals surface area contributed by atoms with Crippen LogP contribution in [0.25, 0.3) is 0 Å². The Morgan fingerprint density at radius 1 is 1.20 bits per heavy atom. The number of nitrogens with zero attached hydrogens (tertiary/aromatic N) is 1. The van der Waals surface area contributed by atoms with E-state index in [0.717, 1.165) is 13.1 Å². The Hall–Kier alpha value is -1.64. The monoisotopic (exact) mass is 367 g/mol. The number of benzene rings is 1. The fourth-order valence-electron chi connectivity index (χ4n) is 3.31. The first-order chi connectivity index (χ1) is 12.0. The summed E-state index contributed by atoms with van der Waals surface area (Å²) in [7, 11) is -3.31. The van der Waals surface area contributed by atoms with Crippen molar-refractivity contribution in [3.8, 4) is 0 Å². The normalized spacial score (nSPS) is 24.4. The highest BCUT2D eigenvalue weighted by Gasteiger charge is 2.35. The van der Waals surface area contributed by atoms with Crippen LogP contribution in [0, 0.1) is 0 Å². The first kappa shape index (κ1) is 18.2. The van der Waals surface area contributed by atoms with Gasteiger partial charge in [0.15, 0.2) is 0 Å². The predicted octanol–water partition coefficient (Wildman–Crippen LogP) is 1.04. The van der Waals surface area contributed by atoms with Crippen LogP contribution in [0.3, 0.4) is 0 Å². The Morgan fingerprint density at radius 2 is 1.88 bits per heavy atom. The van der Waals surface area contributed by atoms with Crippen molar-refractivity contribution in [2.45, 2.75) is 31.8 Å². The average Bonchev–Trinajstić information content (AvgIpc) is 3.26. The Morgan fingerprint density at radius 3 is 2.52 bits per heavy atom. The lowest BCUT2D eigenvalue weighted by Crippen LogP contribution is -2.50. The van der Waals surface area contributed by atoms with E-state index in [2.05, 4.69) is 14.9 Å². The second-order valence-electron chi connectivity index (χ2n) is 6.51. The summed E-state index contributed by atoms with van der Waals surface area (Å²) in [5.41, 5.74) is 0.962. The van der Waals surface area contributed by atoms with Gasteiger partial charge in [-0.25, -0.2) is 8.42 Å². The van der Waals surface area contributed by atoms with Crippen molar-refractivity contribution in [2.75, 3.05) is 36.8 Å².